The molecule has 0 saturated carbocycles. The molecule has 0 spiro atoms. The van der Waals surface area contributed by atoms with Crippen LogP contribution in [-0.4, -0.2) is 0 Å². The van der Waals surface area contributed by atoms with Gasteiger partial charge in [0.25, 0.3) is 0 Å². The highest BCUT2D eigenvalue weighted by Crippen LogP contribution is 2.34. The zero-order chi connectivity index (χ0) is 55.6. The topological polar surface area (TPSA) is 0 Å². The van der Waals surface area contributed by atoms with Gasteiger partial charge in [-0.1, -0.05) is 364 Å². The van der Waals surface area contributed by atoms with E-state index >= 15 is 0 Å². The summed E-state index contributed by atoms with van der Waals surface area (Å²) < 4.78 is 0. The van der Waals surface area contributed by atoms with Crippen LogP contribution in [0.4, 0.5) is 0 Å². The lowest BCUT2D eigenvalue weighted by atomic mass is 9.95. The van der Waals surface area contributed by atoms with Gasteiger partial charge in [0.15, 0.2) is 0 Å². The molecule has 0 aliphatic carbocycles. The summed E-state index contributed by atoms with van der Waals surface area (Å²) in [6.07, 6.45) is 0. The number of rotatable bonds is 0. The van der Waals surface area contributed by atoms with Gasteiger partial charge in [-0.15, -0.1) is 0 Å². The normalized spacial score (nSPS) is 10.2. The molecular formula is C82H64. The average Bonchev–Trinajstić information content (AvgIpc) is 3.64. The van der Waals surface area contributed by atoms with Crippen molar-refractivity contribution >= 4 is 97.0 Å². The Labute approximate surface area is 482 Å². The molecule has 0 heteroatoms. The van der Waals surface area contributed by atoms with E-state index in [1.54, 1.807) is 0 Å². The average molecular weight is 1050 g/mol. The molecule has 0 aliphatic rings. The zero-order valence-electron chi connectivity index (χ0n) is 46.0. The predicted octanol–water partition coefficient (Wildman–Crippen LogP) is 23.3. The van der Waals surface area contributed by atoms with E-state index in [1.807, 2.05) is 109 Å². The fraction of sp³-hybridized carbons (Fsp3) is 0. The van der Waals surface area contributed by atoms with Gasteiger partial charge >= 0.3 is 0 Å². The van der Waals surface area contributed by atoms with Gasteiger partial charge in [0.05, 0.1) is 0 Å². The number of hydrogen-bond acceptors (Lipinski definition) is 0. The van der Waals surface area contributed by atoms with Crippen molar-refractivity contribution < 1.29 is 0 Å². The van der Waals surface area contributed by atoms with Crippen molar-refractivity contribution in [2.75, 3.05) is 0 Å². The maximum atomic E-state index is 2.24. The van der Waals surface area contributed by atoms with E-state index in [0.717, 1.165) is 0 Å². The Balaban J connectivity index is 0.000000108. The Bertz CT molecular complexity index is 3820. The lowest BCUT2D eigenvalue weighted by molar-refractivity contribution is 1.72. The third-order valence-electron chi connectivity index (χ3n) is 13.9. The summed E-state index contributed by atoms with van der Waals surface area (Å²) in [5.74, 6) is 0. The second-order valence-corrected chi connectivity index (χ2v) is 19.5. The molecular weight excluding hydrogens is 985 g/mol. The first kappa shape index (κ1) is 54.7. The van der Waals surface area contributed by atoms with Gasteiger partial charge in [-0.05, 0) is 121 Å². The summed E-state index contributed by atoms with van der Waals surface area (Å²) in [4.78, 5) is 0. The van der Waals surface area contributed by atoms with Crippen LogP contribution in [0.1, 0.15) is 0 Å². The Morgan fingerprint density at radius 2 is 0.207 bits per heavy atom. The lowest BCUT2D eigenvalue weighted by Gasteiger charge is -2.09. The summed E-state index contributed by atoms with van der Waals surface area (Å²) in [6.45, 7) is 0. The van der Waals surface area contributed by atoms with Crippen molar-refractivity contribution in [2.24, 2.45) is 0 Å². The highest BCUT2D eigenvalue weighted by Gasteiger charge is 2.06. The Morgan fingerprint density at radius 3 is 0.354 bits per heavy atom. The van der Waals surface area contributed by atoms with Crippen LogP contribution in [0.5, 0.6) is 0 Å². The minimum Gasteiger partial charge on any atom is -0.0623 e. The molecule has 0 aromatic heterocycles. The molecule has 0 fully saturated rings. The van der Waals surface area contributed by atoms with Gasteiger partial charge in [-0.3, -0.25) is 0 Å². The van der Waals surface area contributed by atoms with Crippen LogP contribution in [0.3, 0.4) is 0 Å². The quantitative estimate of drug-likeness (QED) is 0.105. The van der Waals surface area contributed by atoms with Crippen LogP contribution in [-0.2, 0) is 0 Å². The molecule has 0 N–H and O–H groups in total. The number of benzene rings is 17. The van der Waals surface area contributed by atoms with Crippen molar-refractivity contribution in [3.8, 4) is 0 Å². The summed E-state index contributed by atoms with van der Waals surface area (Å²) >= 11 is 0. The molecule has 0 nitrogen and oxygen atoms in total. The fourth-order valence-electron chi connectivity index (χ4n) is 9.86. The first-order valence-corrected chi connectivity index (χ1v) is 28.0. The minimum absolute atomic E-state index is 1.31. The molecule has 17 aromatic carbocycles. The molecule has 17 rings (SSSR count). The fourth-order valence-corrected chi connectivity index (χ4v) is 9.86. The Hall–Kier alpha value is -10.7. The van der Waals surface area contributed by atoms with Crippen LogP contribution in [0.15, 0.2) is 388 Å². The molecule has 392 valence electrons. The minimum atomic E-state index is 1.31. The van der Waals surface area contributed by atoms with Crippen LogP contribution < -0.4 is 0 Å². The van der Waals surface area contributed by atoms with Crippen molar-refractivity contribution in [1.82, 2.24) is 0 Å². The first-order chi connectivity index (χ1) is 40.7. The predicted molar refractivity (Wildman–Crippen MR) is 360 cm³/mol. The smallest absolute Gasteiger partial charge is 0.00268 e. The van der Waals surface area contributed by atoms with E-state index in [4.69, 9.17) is 0 Å². The monoisotopic (exact) mass is 1050 g/mol. The molecule has 17 aromatic rings. The van der Waals surface area contributed by atoms with Gasteiger partial charge in [0.2, 0.25) is 0 Å². The number of hydrogen-bond donors (Lipinski definition) is 0. The van der Waals surface area contributed by atoms with E-state index in [9.17, 15) is 0 Å². The second kappa shape index (κ2) is 29.4. The van der Waals surface area contributed by atoms with Gasteiger partial charge in [0, 0.05) is 0 Å². The summed E-state index contributed by atoms with van der Waals surface area (Å²) in [6, 6.07) is 134. The molecule has 0 heterocycles. The highest BCUT2D eigenvalue weighted by atomic mass is 14.1. The van der Waals surface area contributed by atoms with Crippen molar-refractivity contribution in [3.63, 3.8) is 0 Å². The summed E-state index contributed by atoms with van der Waals surface area (Å²) in [5, 5.41) is 23.9. The SMILES string of the molecule is c1cc2ccc3cccc4ccc(c1)c2c34.c1ccc2cc3ccccc3cc2c1.c1ccc2cc3ccccc3cc2c1.c1ccc2ccccc2c1.c1ccc2ccccc2c1.c1ccccc1.c1ccccc1.c1ccccc1. The van der Waals surface area contributed by atoms with Crippen LogP contribution in [0, 0.1) is 0 Å². The summed E-state index contributed by atoms with van der Waals surface area (Å²) in [7, 11) is 0. The van der Waals surface area contributed by atoms with Gasteiger partial charge < -0.3 is 0 Å². The Kier molecular flexibility index (Phi) is 19.6. The Morgan fingerprint density at radius 1 is 0.0854 bits per heavy atom. The maximum Gasteiger partial charge on any atom is -0.00268 e. The largest absolute Gasteiger partial charge is 0.0623 e. The van der Waals surface area contributed by atoms with Gasteiger partial charge in [-0.2, -0.15) is 0 Å². The molecule has 0 bridgehead atoms. The second-order valence-electron chi connectivity index (χ2n) is 19.5. The van der Waals surface area contributed by atoms with Gasteiger partial charge in [-0.25, -0.2) is 0 Å². The van der Waals surface area contributed by atoms with Gasteiger partial charge in [0.1, 0.15) is 0 Å². The molecule has 0 amide bonds. The standard InChI is InChI=1S/C16H10.2C14H10.2C10H8.3C6H6/c1-3-11-7-9-13-5-2-6-14-10-8-12(4-1)15(11)16(13)14;2*1-2-6-12-10-14-8-4-3-7-13(14)9-11(12)5-1;2*1-2-6-10-8-4-3-7-9(10)5-1;3*1-2-4-6-5-3-1/h1-10H;2*1-10H;2*1-8H;3*1-6H. The molecule has 0 aliphatic heterocycles. The van der Waals surface area contributed by atoms with E-state index in [2.05, 4.69) is 279 Å². The van der Waals surface area contributed by atoms with Crippen molar-refractivity contribution in [2.45, 2.75) is 0 Å². The molecule has 0 saturated heterocycles. The van der Waals surface area contributed by atoms with E-state index in [0.29, 0.717) is 0 Å². The summed E-state index contributed by atoms with van der Waals surface area (Å²) in [5.41, 5.74) is 0. The highest BCUT2D eigenvalue weighted by molar-refractivity contribution is 6.22. The van der Waals surface area contributed by atoms with E-state index < -0.39 is 0 Å². The first-order valence-electron chi connectivity index (χ1n) is 28.0. The van der Waals surface area contributed by atoms with E-state index in [1.165, 1.54) is 97.0 Å². The van der Waals surface area contributed by atoms with Crippen molar-refractivity contribution in [3.05, 3.63) is 388 Å². The number of fused-ring (bicyclic) bond motifs is 6. The van der Waals surface area contributed by atoms with Crippen molar-refractivity contribution in [1.29, 1.82) is 0 Å². The third kappa shape index (κ3) is 15.3. The third-order valence-corrected chi connectivity index (χ3v) is 13.9. The maximum absolute atomic E-state index is 2.24. The lowest BCUT2D eigenvalue weighted by Crippen LogP contribution is -1.82. The molecule has 0 unspecified atom stereocenters. The molecule has 0 atom stereocenters. The van der Waals surface area contributed by atoms with Crippen LogP contribution in [0.2, 0.25) is 0 Å². The van der Waals surface area contributed by atoms with E-state index in [-0.39, 0.29) is 0 Å². The van der Waals surface area contributed by atoms with Crippen LogP contribution >= 0.6 is 0 Å². The zero-order valence-corrected chi connectivity index (χ0v) is 46.0. The van der Waals surface area contributed by atoms with Crippen LogP contribution in [0.25, 0.3) is 97.0 Å². The molecule has 0 radical (unpaired) electrons. The molecule has 82 heavy (non-hydrogen) atoms.